The van der Waals surface area contributed by atoms with Gasteiger partial charge < -0.3 is 10.2 Å². The first kappa shape index (κ1) is 14.0. The molecule has 4 heterocycles. The fourth-order valence-corrected chi connectivity index (χ4v) is 3.19. The van der Waals surface area contributed by atoms with Crippen molar-refractivity contribution in [1.82, 2.24) is 19.5 Å². The summed E-state index contributed by atoms with van der Waals surface area (Å²) in [4.78, 5) is 15.8. The molecule has 3 aromatic heterocycles. The van der Waals surface area contributed by atoms with Crippen LogP contribution in [-0.4, -0.2) is 26.2 Å². The Balaban J connectivity index is 1.54. The summed E-state index contributed by atoms with van der Waals surface area (Å²) in [5.74, 6) is 1.83. The zero-order valence-electron chi connectivity index (χ0n) is 13.5. The van der Waals surface area contributed by atoms with E-state index in [1.807, 2.05) is 47.4 Å². The summed E-state index contributed by atoms with van der Waals surface area (Å²) in [6, 6.07) is 16.2. The van der Waals surface area contributed by atoms with Gasteiger partial charge in [0.05, 0.1) is 23.4 Å². The van der Waals surface area contributed by atoms with Gasteiger partial charge in [0.1, 0.15) is 12.1 Å². The molecule has 1 aliphatic rings. The zero-order valence-corrected chi connectivity index (χ0v) is 13.5. The first-order valence-electron chi connectivity index (χ1n) is 8.20. The largest absolute Gasteiger partial charge is 0.365 e. The Labute approximate surface area is 144 Å². The number of para-hydroxylation sites is 2. The first-order chi connectivity index (χ1) is 12.4. The highest BCUT2D eigenvalue weighted by Gasteiger charge is 2.21. The van der Waals surface area contributed by atoms with Crippen molar-refractivity contribution < 1.29 is 0 Å². The molecule has 25 heavy (non-hydrogen) atoms. The predicted octanol–water partition coefficient (Wildman–Crippen LogP) is 3.21. The second kappa shape index (κ2) is 5.59. The maximum atomic E-state index is 4.89. The molecule has 6 nitrogen and oxygen atoms in total. The van der Waals surface area contributed by atoms with Gasteiger partial charge in [0.2, 0.25) is 0 Å². The molecule has 0 aliphatic carbocycles. The van der Waals surface area contributed by atoms with Crippen molar-refractivity contribution in [2.75, 3.05) is 16.9 Å². The van der Waals surface area contributed by atoms with E-state index < -0.39 is 0 Å². The van der Waals surface area contributed by atoms with E-state index in [0.717, 1.165) is 47.1 Å². The van der Waals surface area contributed by atoms with Crippen LogP contribution in [0.4, 0.5) is 11.5 Å². The number of pyridine rings is 2. The van der Waals surface area contributed by atoms with Gasteiger partial charge in [-0.15, -0.1) is 0 Å². The summed E-state index contributed by atoms with van der Waals surface area (Å²) in [7, 11) is 0. The minimum Gasteiger partial charge on any atom is -0.365 e. The van der Waals surface area contributed by atoms with Crippen LogP contribution in [0.25, 0.3) is 16.9 Å². The fraction of sp³-hybridized carbons (Fsp3) is 0.105. The van der Waals surface area contributed by atoms with Gasteiger partial charge in [-0.05, 0) is 35.9 Å². The zero-order chi connectivity index (χ0) is 16.6. The van der Waals surface area contributed by atoms with Crippen LogP contribution < -0.4 is 10.2 Å². The highest BCUT2D eigenvalue weighted by Crippen LogP contribution is 2.31. The molecule has 122 valence electrons. The van der Waals surface area contributed by atoms with E-state index in [4.69, 9.17) is 4.98 Å². The third-order valence-corrected chi connectivity index (χ3v) is 4.42. The molecule has 4 aromatic rings. The van der Waals surface area contributed by atoms with Crippen LogP contribution in [0, 0.1) is 0 Å². The molecule has 6 heteroatoms. The van der Waals surface area contributed by atoms with E-state index in [-0.39, 0.29) is 0 Å². The number of nitrogens with one attached hydrogen (secondary N) is 1. The fourth-order valence-electron chi connectivity index (χ4n) is 3.19. The van der Waals surface area contributed by atoms with Crippen molar-refractivity contribution in [2.24, 2.45) is 0 Å². The van der Waals surface area contributed by atoms with E-state index in [9.17, 15) is 0 Å². The van der Waals surface area contributed by atoms with Gasteiger partial charge in [-0.1, -0.05) is 18.2 Å². The minimum atomic E-state index is 0.741. The van der Waals surface area contributed by atoms with Gasteiger partial charge in [-0.25, -0.2) is 9.97 Å². The number of aromatic nitrogens is 4. The summed E-state index contributed by atoms with van der Waals surface area (Å²) in [6.07, 6.45) is 5.51. The number of anilines is 2. The monoisotopic (exact) mass is 328 g/mol. The van der Waals surface area contributed by atoms with E-state index in [1.165, 1.54) is 0 Å². The van der Waals surface area contributed by atoms with Crippen molar-refractivity contribution in [3.63, 3.8) is 0 Å². The quantitative estimate of drug-likeness (QED) is 0.626. The minimum absolute atomic E-state index is 0.741. The topological polar surface area (TPSA) is 58.9 Å². The van der Waals surface area contributed by atoms with Crippen LogP contribution in [0.5, 0.6) is 0 Å². The van der Waals surface area contributed by atoms with Crippen LogP contribution in [-0.2, 0) is 6.54 Å². The summed E-state index contributed by atoms with van der Waals surface area (Å²) in [5.41, 5.74) is 4.24. The summed E-state index contributed by atoms with van der Waals surface area (Å²) in [5, 5.41) is 3.40. The van der Waals surface area contributed by atoms with Crippen molar-refractivity contribution >= 4 is 22.5 Å². The van der Waals surface area contributed by atoms with Gasteiger partial charge in [0.25, 0.3) is 0 Å². The van der Waals surface area contributed by atoms with Crippen LogP contribution in [0.2, 0.25) is 0 Å². The van der Waals surface area contributed by atoms with Crippen LogP contribution >= 0.6 is 0 Å². The lowest BCUT2D eigenvalue weighted by molar-refractivity contribution is 0.847. The van der Waals surface area contributed by atoms with Gasteiger partial charge in [-0.3, -0.25) is 9.55 Å². The van der Waals surface area contributed by atoms with E-state index in [0.29, 0.717) is 0 Å². The smallest absolute Gasteiger partial charge is 0.156 e. The van der Waals surface area contributed by atoms with Gasteiger partial charge in [0.15, 0.2) is 5.82 Å². The van der Waals surface area contributed by atoms with Crippen LogP contribution in [0.15, 0.2) is 67.3 Å². The maximum Gasteiger partial charge on any atom is 0.156 e. The van der Waals surface area contributed by atoms with Gasteiger partial charge >= 0.3 is 0 Å². The molecular formula is C19H16N6. The van der Waals surface area contributed by atoms with Crippen molar-refractivity contribution in [1.29, 1.82) is 0 Å². The summed E-state index contributed by atoms with van der Waals surface area (Å²) >= 11 is 0. The predicted molar refractivity (Wildman–Crippen MR) is 97.8 cm³/mol. The Kier molecular flexibility index (Phi) is 3.13. The van der Waals surface area contributed by atoms with Crippen molar-refractivity contribution in [3.8, 4) is 5.82 Å². The number of nitrogens with zero attached hydrogens (tertiary/aromatic N) is 5. The maximum absolute atomic E-state index is 4.89. The second-order valence-electron chi connectivity index (χ2n) is 6.04. The average Bonchev–Trinajstić information content (AvgIpc) is 3.27. The molecule has 0 saturated carbocycles. The highest BCUT2D eigenvalue weighted by molar-refractivity contribution is 5.78. The van der Waals surface area contributed by atoms with Crippen molar-refractivity contribution in [3.05, 3.63) is 72.8 Å². The SMILES string of the molecule is c1cncc(CN2CNc3ccc(-n4cnc5ccccc54)nc32)c1. The highest BCUT2D eigenvalue weighted by atomic mass is 15.3. The molecule has 0 unspecified atom stereocenters. The molecule has 0 fully saturated rings. The Morgan fingerprint density at radius 2 is 2.00 bits per heavy atom. The summed E-state index contributed by atoms with van der Waals surface area (Å²) < 4.78 is 2.02. The Morgan fingerprint density at radius 3 is 2.92 bits per heavy atom. The van der Waals surface area contributed by atoms with E-state index in [2.05, 4.69) is 38.4 Å². The molecule has 0 atom stereocenters. The van der Waals surface area contributed by atoms with Gasteiger partial charge in [0, 0.05) is 18.9 Å². The molecule has 0 radical (unpaired) electrons. The lowest BCUT2D eigenvalue weighted by atomic mass is 10.2. The molecule has 0 bridgehead atoms. The number of imidazole rings is 1. The van der Waals surface area contributed by atoms with E-state index >= 15 is 0 Å². The molecule has 0 amide bonds. The Morgan fingerprint density at radius 1 is 1.04 bits per heavy atom. The molecule has 5 rings (SSSR count). The van der Waals surface area contributed by atoms with Crippen LogP contribution in [0.3, 0.4) is 0 Å². The average molecular weight is 328 g/mol. The number of benzene rings is 1. The summed E-state index contributed by atoms with van der Waals surface area (Å²) in [6.45, 7) is 1.51. The Hall–Kier alpha value is -3.41. The molecule has 0 saturated heterocycles. The third-order valence-electron chi connectivity index (χ3n) is 4.42. The number of hydrogen-bond donors (Lipinski definition) is 1. The molecular weight excluding hydrogens is 312 g/mol. The molecule has 1 N–H and O–H groups in total. The second-order valence-corrected chi connectivity index (χ2v) is 6.04. The number of fused-ring (bicyclic) bond motifs is 2. The van der Waals surface area contributed by atoms with Gasteiger partial charge in [-0.2, -0.15) is 0 Å². The standard InChI is InChI=1S/C19H16N6/c1-2-6-17-15(5-1)22-13-25(17)18-8-7-16-19(23-18)24(12-21-16)11-14-4-3-9-20-10-14/h1-10,13,21H,11-12H2. The first-order valence-corrected chi connectivity index (χ1v) is 8.20. The lowest BCUT2D eigenvalue weighted by Gasteiger charge is -2.17. The van der Waals surface area contributed by atoms with Crippen LogP contribution in [0.1, 0.15) is 5.56 Å². The molecule has 1 aliphatic heterocycles. The normalized spacial score (nSPS) is 13.0. The lowest BCUT2D eigenvalue weighted by Crippen LogP contribution is -2.23. The van der Waals surface area contributed by atoms with Crippen molar-refractivity contribution in [2.45, 2.75) is 6.54 Å². The number of hydrogen-bond acceptors (Lipinski definition) is 5. The van der Waals surface area contributed by atoms with E-state index in [1.54, 1.807) is 6.20 Å². The Bertz CT molecular complexity index is 1040. The molecule has 1 aromatic carbocycles. The number of rotatable bonds is 3. The third kappa shape index (κ3) is 2.39. The molecule has 0 spiro atoms.